The van der Waals surface area contributed by atoms with Crippen molar-refractivity contribution in [2.24, 2.45) is 10.9 Å². The van der Waals surface area contributed by atoms with E-state index in [1.807, 2.05) is 0 Å². The Balaban J connectivity index is 1.58. The van der Waals surface area contributed by atoms with E-state index in [2.05, 4.69) is 42.3 Å². The van der Waals surface area contributed by atoms with Gasteiger partial charge in [0.1, 0.15) is 6.61 Å². The Kier molecular flexibility index (Phi) is 3.83. The number of rotatable bonds is 3. The van der Waals surface area contributed by atoms with E-state index in [9.17, 15) is 0 Å². The van der Waals surface area contributed by atoms with E-state index >= 15 is 0 Å². The highest BCUT2D eigenvalue weighted by molar-refractivity contribution is 5.80. The van der Waals surface area contributed by atoms with E-state index in [-0.39, 0.29) is 0 Å². The molecule has 2 aliphatic rings. The molecular weight excluding hydrogens is 236 g/mol. The molecule has 0 radical (unpaired) electrons. The maximum Gasteiger partial charge on any atom is 0.186 e. The number of aliphatic imine (C=N–C) groups is 1. The largest absolute Gasteiger partial charge is 0.478 e. The van der Waals surface area contributed by atoms with Crippen LogP contribution in [0, 0.1) is 5.92 Å². The maximum atomic E-state index is 5.84. The Bertz CT molecular complexity index is 435. The summed E-state index contributed by atoms with van der Waals surface area (Å²) in [5.41, 5.74) is 1.35. The normalized spacial score (nSPS) is 25.1. The molecule has 19 heavy (non-hydrogen) atoms. The highest BCUT2D eigenvalue weighted by atomic mass is 16.5. The summed E-state index contributed by atoms with van der Waals surface area (Å²) in [6, 6.07) is 10.9. The Morgan fingerprint density at radius 2 is 1.95 bits per heavy atom. The van der Waals surface area contributed by atoms with E-state index in [1.54, 1.807) is 0 Å². The van der Waals surface area contributed by atoms with Crippen LogP contribution in [0.5, 0.6) is 0 Å². The first-order chi connectivity index (χ1) is 9.31. The second kappa shape index (κ2) is 5.74. The highest BCUT2D eigenvalue weighted by Gasteiger charge is 2.28. The van der Waals surface area contributed by atoms with Gasteiger partial charge in [-0.1, -0.05) is 30.3 Å². The fourth-order valence-corrected chi connectivity index (χ4v) is 2.91. The topological polar surface area (TPSA) is 24.8 Å². The van der Waals surface area contributed by atoms with Crippen molar-refractivity contribution in [3.63, 3.8) is 0 Å². The minimum atomic E-state index is 0.317. The molecule has 0 saturated carbocycles. The van der Waals surface area contributed by atoms with Crippen LogP contribution in [0.2, 0.25) is 0 Å². The van der Waals surface area contributed by atoms with Crippen LogP contribution in [0.25, 0.3) is 0 Å². The third-order valence-electron chi connectivity index (χ3n) is 4.12. The summed E-state index contributed by atoms with van der Waals surface area (Å²) in [6.45, 7) is 3.09. The van der Waals surface area contributed by atoms with Gasteiger partial charge < -0.3 is 9.64 Å². The van der Waals surface area contributed by atoms with E-state index in [1.165, 1.54) is 18.4 Å². The Hall–Kier alpha value is -1.35. The van der Waals surface area contributed by atoms with Gasteiger partial charge in [0.15, 0.2) is 5.90 Å². The molecule has 0 aromatic heterocycles. The van der Waals surface area contributed by atoms with E-state index in [4.69, 9.17) is 9.73 Å². The van der Waals surface area contributed by atoms with Gasteiger partial charge in [0, 0.05) is 5.92 Å². The zero-order chi connectivity index (χ0) is 13.1. The molecule has 1 aromatic rings. The quantitative estimate of drug-likeness (QED) is 0.831. The third-order valence-corrected chi connectivity index (χ3v) is 4.12. The zero-order valence-electron chi connectivity index (χ0n) is 11.6. The summed E-state index contributed by atoms with van der Waals surface area (Å²) in [4.78, 5) is 7.19. The van der Waals surface area contributed by atoms with Crippen LogP contribution < -0.4 is 0 Å². The van der Waals surface area contributed by atoms with Crippen LogP contribution in [-0.2, 0) is 11.2 Å². The summed E-state index contributed by atoms with van der Waals surface area (Å²) in [5, 5.41) is 0. The standard InChI is InChI=1S/C16H22N2O/c1-18-9-7-14(8-10-18)16-17-15(12-19-16)11-13-5-3-2-4-6-13/h2-6,14-15H,7-12H2,1H3. The molecule has 1 atom stereocenters. The lowest BCUT2D eigenvalue weighted by atomic mass is 9.97. The van der Waals surface area contributed by atoms with Crippen molar-refractivity contribution in [1.29, 1.82) is 0 Å². The number of piperidine rings is 1. The number of hydrogen-bond acceptors (Lipinski definition) is 3. The first-order valence-corrected chi connectivity index (χ1v) is 7.24. The zero-order valence-corrected chi connectivity index (χ0v) is 11.6. The van der Waals surface area contributed by atoms with Crippen molar-refractivity contribution in [3.8, 4) is 0 Å². The van der Waals surface area contributed by atoms with Gasteiger partial charge >= 0.3 is 0 Å². The molecule has 0 bridgehead atoms. The van der Waals surface area contributed by atoms with Gasteiger partial charge in [0.05, 0.1) is 6.04 Å². The average molecular weight is 258 g/mol. The molecule has 1 unspecified atom stereocenters. The lowest BCUT2D eigenvalue weighted by Gasteiger charge is -2.28. The number of likely N-dealkylation sites (tertiary alicyclic amines) is 1. The summed E-state index contributed by atoms with van der Waals surface area (Å²) in [7, 11) is 2.19. The highest BCUT2D eigenvalue weighted by Crippen LogP contribution is 2.23. The average Bonchev–Trinajstić information content (AvgIpc) is 2.89. The lowest BCUT2D eigenvalue weighted by molar-refractivity contribution is 0.224. The number of hydrogen-bond donors (Lipinski definition) is 0. The molecular formula is C16H22N2O. The van der Waals surface area contributed by atoms with Gasteiger partial charge in [0.25, 0.3) is 0 Å². The van der Waals surface area contributed by atoms with Crippen LogP contribution in [0.3, 0.4) is 0 Å². The smallest absolute Gasteiger partial charge is 0.186 e. The lowest BCUT2D eigenvalue weighted by Crippen LogP contribution is -2.33. The monoisotopic (exact) mass is 258 g/mol. The third kappa shape index (κ3) is 3.16. The van der Waals surface area contributed by atoms with E-state index in [0.717, 1.165) is 32.0 Å². The molecule has 1 saturated heterocycles. The molecule has 0 N–H and O–H groups in total. The van der Waals surface area contributed by atoms with Gasteiger partial charge in [-0.05, 0) is 45.0 Å². The Morgan fingerprint density at radius 1 is 1.21 bits per heavy atom. The minimum absolute atomic E-state index is 0.317. The SMILES string of the molecule is CN1CCC(C2=NC(Cc3ccccc3)CO2)CC1. The van der Waals surface area contributed by atoms with Crippen LogP contribution in [0.1, 0.15) is 18.4 Å². The van der Waals surface area contributed by atoms with Gasteiger partial charge in [0.2, 0.25) is 0 Å². The van der Waals surface area contributed by atoms with Gasteiger partial charge in [-0.25, -0.2) is 4.99 Å². The fraction of sp³-hybridized carbons (Fsp3) is 0.562. The summed E-state index contributed by atoms with van der Waals surface area (Å²) < 4.78 is 5.84. The first kappa shape index (κ1) is 12.7. The number of benzene rings is 1. The predicted molar refractivity (Wildman–Crippen MR) is 77.5 cm³/mol. The van der Waals surface area contributed by atoms with Gasteiger partial charge in [-0.2, -0.15) is 0 Å². The molecule has 0 spiro atoms. The molecule has 102 valence electrons. The van der Waals surface area contributed by atoms with Crippen LogP contribution in [0.15, 0.2) is 35.3 Å². The predicted octanol–water partition coefficient (Wildman–Crippen LogP) is 2.37. The van der Waals surface area contributed by atoms with Crippen molar-refractivity contribution in [1.82, 2.24) is 4.90 Å². The van der Waals surface area contributed by atoms with Crippen LogP contribution in [-0.4, -0.2) is 43.6 Å². The van der Waals surface area contributed by atoms with Gasteiger partial charge in [-0.3, -0.25) is 0 Å². The molecule has 0 aliphatic carbocycles. The summed E-state index contributed by atoms with van der Waals surface area (Å²) >= 11 is 0. The summed E-state index contributed by atoms with van der Waals surface area (Å²) in [5.74, 6) is 1.58. The maximum absolute atomic E-state index is 5.84. The molecule has 1 aromatic carbocycles. The van der Waals surface area contributed by atoms with Crippen molar-refractivity contribution in [2.45, 2.75) is 25.3 Å². The molecule has 3 rings (SSSR count). The Labute approximate surface area is 115 Å². The molecule has 2 aliphatic heterocycles. The van der Waals surface area contributed by atoms with Crippen molar-refractivity contribution < 1.29 is 4.74 Å². The molecule has 3 nitrogen and oxygen atoms in total. The van der Waals surface area contributed by atoms with Crippen molar-refractivity contribution in [3.05, 3.63) is 35.9 Å². The molecule has 3 heteroatoms. The first-order valence-electron chi connectivity index (χ1n) is 7.24. The van der Waals surface area contributed by atoms with Crippen molar-refractivity contribution in [2.75, 3.05) is 26.7 Å². The second-order valence-electron chi connectivity index (χ2n) is 5.70. The molecule has 1 fully saturated rings. The van der Waals surface area contributed by atoms with Gasteiger partial charge in [-0.15, -0.1) is 0 Å². The fourth-order valence-electron chi connectivity index (χ4n) is 2.91. The van der Waals surface area contributed by atoms with Crippen LogP contribution in [0.4, 0.5) is 0 Å². The molecule has 0 amide bonds. The molecule has 2 heterocycles. The second-order valence-corrected chi connectivity index (χ2v) is 5.70. The van der Waals surface area contributed by atoms with E-state index in [0.29, 0.717) is 12.0 Å². The van der Waals surface area contributed by atoms with E-state index < -0.39 is 0 Å². The summed E-state index contributed by atoms with van der Waals surface area (Å²) in [6.07, 6.45) is 3.37. The number of ether oxygens (including phenoxy) is 1. The van der Waals surface area contributed by atoms with Crippen LogP contribution >= 0.6 is 0 Å². The van der Waals surface area contributed by atoms with Crippen molar-refractivity contribution >= 4 is 5.90 Å². The number of nitrogens with zero attached hydrogens (tertiary/aromatic N) is 2. The Morgan fingerprint density at radius 3 is 2.68 bits per heavy atom. The minimum Gasteiger partial charge on any atom is -0.478 e.